The van der Waals surface area contributed by atoms with Crippen molar-refractivity contribution in [3.05, 3.63) is 23.2 Å². The standard InChI is InChI=1S/C8H11BrO2/c1-8(6-11-8)7(10)4-2-3-5-9/h2-5,7,10H,6H2,1H3/b4-2+,5-3-/t7-,8+/m1/s1. The molecule has 1 fully saturated rings. The molecule has 1 heterocycles. The van der Waals surface area contributed by atoms with Crippen LogP contribution in [0.2, 0.25) is 0 Å². The molecule has 1 saturated heterocycles. The van der Waals surface area contributed by atoms with Crippen molar-refractivity contribution in [3.8, 4) is 0 Å². The summed E-state index contributed by atoms with van der Waals surface area (Å²) < 4.78 is 5.05. The Hall–Kier alpha value is -0.120. The maximum Gasteiger partial charge on any atom is 0.118 e. The summed E-state index contributed by atoms with van der Waals surface area (Å²) in [6, 6.07) is 0. The molecular formula is C8H11BrO2. The van der Waals surface area contributed by atoms with E-state index in [9.17, 15) is 5.11 Å². The van der Waals surface area contributed by atoms with E-state index >= 15 is 0 Å². The molecule has 2 nitrogen and oxygen atoms in total. The molecule has 2 atom stereocenters. The van der Waals surface area contributed by atoms with Crippen LogP contribution in [0.5, 0.6) is 0 Å². The lowest BCUT2D eigenvalue weighted by atomic mass is 10.1. The van der Waals surface area contributed by atoms with Crippen LogP contribution in [-0.4, -0.2) is 23.4 Å². The Bertz CT molecular complexity index is 183. The minimum atomic E-state index is -0.494. The number of aliphatic hydroxyl groups is 1. The highest BCUT2D eigenvalue weighted by molar-refractivity contribution is 9.11. The van der Waals surface area contributed by atoms with Gasteiger partial charge in [0.25, 0.3) is 0 Å². The van der Waals surface area contributed by atoms with Crippen molar-refractivity contribution in [2.24, 2.45) is 0 Å². The highest BCUT2D eigenvalue weighted by Gasteiger charge is 2.45. The van der Waals surface area contributed by atoms with Crippen molar-refractivity contribution in [1.82, 2.24) is 0 Å². The number of epoxide rings is 1. The number of rotatable bonds is 3. The number of hydrogen-bond acceptors (Lipinski definition) is 2. The van der Waals surface area contributed by atoms with Gasteiger partial charge in [-0.25, -0.2) is 0 Å². The van der Waals surface area contributed by atoms with E-state index < -0.39 is 6.10 Å². The fraction of sp³-hybridized carbons (Fsp3) is 0.500. The number of ether oxygens (including phenoxy) is 1. The summed E-state index contributed by atoms with van der Waals surface area (Å²) in [7, 11) is 0. The quantitative estimate of drug-likeness (QED) is 0.577. The van der Waals surface area contributed by atoms with Gasteiger partial charge < -0.3 is 9.84 Å². The first-order chi connectivity index (χ1) is 5.19. The third kappa shape index (κ3) is 2.43. The molecule has 11 heavy (non-hydrogen) atoms. The Labute approximate surface area is 74.7 Å². The lowest BCUT2D eigenvalue weighted by Gasteiger charge is -2.07. The van der Waals surface area contributed by atoms with Crippen LogP contribution in [0.1, 0.15) is 6.92 Å². The van der Waals surface area contributed by atoms with E-state index in [2.05, 4.69) is 15.9 Å². The predicted octanol–water partition coefficient (Wildman–Crippen LogP) is 1.60. The van der Waals surface area contributed by atoms with Crippen molar-refractivity contribution in [2.75, 3.05) is 6.61 Å². The molecule has 0 amide bonds. The van der Waals surface area contributed by atoms with Crippen molar-refractivity contribution < 1.29 is 9.84 Å². The number of allylic oxidation sites excluding steroid dienone is 2. The van der Waals surface area contributed by atoms with Gasteiger partial charge >= 0.3 is 0 Å². The van der Waals surface area contributed by atoms with E-state index in [1.54, 1.807) is 23.2 Å². The highest BCUT2D eigenvalue weighted by atomic mass is 79.9. The van der Waals surface area contributed by atoms with Crippen LogP contribution in [0.3, 0.4) is 0 Å². The summed E-state index contributed by atoms with van der Waals surface area (Å²) in [5.74, 6) is 0. The molecule has 0 aliphatic carbocycles. The zero-order chi connectivity index (χ0) is 8.32. The molecule has 0 aromatic carbocycles. The molecule has 1 aliphatic heterocycles. The molecule has 1 rings (SSSR count). The minimum Gasteiger partial charge on any atom is -0.386 e. The van der Waals surface area contributed by atoms with E-state index in [1.807, 2.05) is 6.92 Å². The first-order valence-corrected chi connectivity index (χ1v) is 4.36. The SMILES string of the molecule is C[C@@]1([C@H](O)/C=C/C=C\Br)CO1. The Balaban J connectivity index is 2.36. The summed E-state index contributed by atoms with van der Waals surface area (Å²) in [6.07, 6.45) is 4.80. The molecule has 0 unspecified atom stereocenters. The fourth-order valence-electron chi connectivity index (χ4n) is 0.700. The van der Waals surface area contributed by atoms with Crippen LogP contribution in [-0.2, 0) is 4.74 Å². The second kappa shape index (κ2) is 3.52. The van der Waals surface area contributed by atoms with E-state index in [4.69, 9.17) is 4.74 Å². The Morgan fingerprint density at radius 3 is 2.73 bits per heavy atom. The van der Waals surface area contributed by atoms with Gasteiger partial charge in [-0.15, -0.1) is 0 Å². The maximum atomic E-state index is 9.41. The van der Waals surface area contributed by atoms with Gasteiger partial charge in [-0.3, -0.25) is 0 Å². The number of hydrogen-bond donors (Lipinski definition) is 1. The van der Waals surface area contributed by atoms with E-state index in [-0.39, 0.29) is 5.60 Å². The predicted molar refractivity (Wildman–Crippen MR) is 47.6 cm³/mol. The Morgan fingerprint density at radius 2 is 2.27 bits per heavy atom. The molecule has 0 bridgehead atoms. The molecule has 62 valence electrons. The summed E-state index contributed by atoms with van der Waals surface area (Å²) >= 11 is 3.12. The molecule has 1 aliphatic rings. The molecule has 1 N–H and O–H groups in total. The van der Waals surface area contributed by atoms with Gasteiger partial charge in [0, 0.05) is 0 Å². The van der Waals surface area contributed by atoms with Gasteiger partial charge in [0.15, 0.2) is 0 Å². The van der Waals surface area contributed by atoms with Gasteiger partial charge in [0.2, 0.25) is 0 Å². The van der Waals surface area contributed by atoms with Crippen LogP contribution in [0.25, 0.3) is 0 Å². The molecule has 0 saturated carbocycles. The van der Waals surface area contributed by atoms with Crippen LogP contribution in [0.4, 0.5) is 0 Å². The van der Waals surface area contributed by atoms with Gasteiger partial charge in [-0.1, -0.05) is 34.2 Å². The highest BCUT2D eigenvalue weighted by Crippen LogP contribution is 2.30. The molecule has 3 heteroatoms. The smallest absolute Gasteiger partial charge is 0.118 e. The lowest BCUT2D eigenvalue weighted by molar-refractivity contribution is 0.123. The summed E-state index contributed by atoms with van der Waals surface area (Å²) in [5.41, 5.74) is -0.323. The van der Waals surface area contributed by atoms with E-state index in [1.165, 1.54) is 0 Å². The topological polar surface area (TPSA) is 32.8 Å². The van der Waals surface area contributed by atoms with Gasteiger partial charge in [-0.2, -0.15) is 0 Å². The lowest BCUT2D eigenvalue weighted by Crippen LogP contribution is -2.23. The largest absolute Gasteiger partial charge is 0.386 e. The minimum absolute atomic E-state index is 0.323. The average Bonchev–Trinajstić information content (AvgIpc) is 2.70. The summed E-state index contributed by atoms with van der Waals surface area (Å²) in [4.78, 5) is 1.73. The third-order valence-corrected chi connectivity index (χ3v) is 2.01. The third-order valence-electron chi connectivity index (χ3n) is 1.70. The second-order valence-corrected chi connectivity index (χ2v) is 3.28. The summed E-state index contributed by atoms with van der Waals surface area (Å²) in [5, 5.41) is 9.41. The zero-order valence-electron chi connectivity index (χ0n) is 6.33. The zero-order valence-corrected chi connectivity index (χ0v) is 7.91. The molecule has 0 aromatic rings. The van der Waals surface area contributed by atoms with Crippen LogP contribution in [0.15, 0.2) is 23.2 Å². The second-order valence-electron chi connectivity index (χ2n) is 2.75. The van der Waals surface area contributed by atoms with Gasteiger partial charge in [-0.05, 0) is 11.9 Å². The van der Waals surface area contributed by atoms with Crippen molar-refractivity contribution in [2.45, 2.75) is 18.6 Å². The van der Waals surface area contributed by atoms with Crippen LogP contribution in [0, 0.1) is 0 Å². The van der Waals surface area contributed by atoms with Crippen molar-refractivity contribution >= 4 is 15.9 Å². The molecule has 0 radical (unpaired) electrons. The molecular weight excluding hydrogens is 208 g/mol. The number of aliphatic hydroxyl groups excluding tert-OH is 1. The van der Waals surface area contributed by atoms with Crippen LogP contribution >= 0.6 is 15.9 Å². The first kappa shape index (κ1) is 8.97. The molecule has 0 aromatic heterocycles. The first-order valence-electron chi connectivity index (χ1n) is 3.44. The normalized spacial score (nSPS) is 33.4. The fourth-order valence-corrected chi connectivity index (χ4v) is 0.876. The maximum absolute atomic E-state index is 9.41. The van der Waals surface area contributed by atoms with Crippen LogP contribution < -0.4 is 0 Å². The van der Waals surface area contributed by atoms with E-state index in [0.717, 1.165) is 0 Å². The van der Waals surface area contributed by atoms with Crippen molar-refractivity contribution in [1.29, 1.82) is 0 Å². The average molecular weight is 219 g/mol. The Kier molecular flexibility index (Phi) is 2.87. The van der Waals surface area contributed by atoms with Gasteiger partial charge in [0.05, 0.1) is 6.61 Å². The number of halogens is 1. The Morgan fingerprint density at radius 1 is 1.64 bits per heavy atom. The summed E-state index contributed by atoms with van der Waals surface area (Å²) in [6.45, 7) is 2.54. The monoisotopic (exact) mass is 218 g/mol. The van der Waals surface area contributed by atoms with Crippen molar-refractivity contribution in [3.63, 3.8) is 0 Å². The van der Waals surface area contributed by atoms with Gasteiger partial charge in [0.1, 0.15) is 11.7 Å². The van der Waals surface area contributed by atoms with E-state index in [0.29, 0.717) is 6.61 Å². The molecule has 0 spiro atoms.